The van der Waals surface area contributed by atoms with E-state index in [0.29, 0.717) is 23.1 Å². The molecule has 2 amide bonds. The van der Waals surface area contributed by atoms with Gasteiger partial charge in [0.1, 0.15) is 12.0 Å². The lowest BCUT2D eigenvalue weighted by Crippen LogP contribution is -2.40. The molecule has 2 aromatic rings. The van der Waals surface area contributed by atoms with Crippen LogP contribution in [0.15, 0.2) is 41.1 Å². The van der Waals surface area contributed by atoms with Gasteiger partial charge in [0.2, 0.25) is 5.91 Å². The van der Waals surface area contributed by atoms with Gasteiger partial charge in [0.05, 0.1) is 6.54 Å². The number of aromatic nitrogens is 1. The normalized spacial score (nSPS) is 10.2. The van der Waals surface area contributed by atoms with Gasteiger partial charge in [-0.15, -0.1) is 0 Å². The fourth-order valence-electron chi connectivity index (χ4n) is 1.78. The summed E-state index contributed by atoms with van der Waals surface area (Å²) in [5.41, 5.74) is 0. The van der Waals surface area contributed by atoms with Crippen molar-refractivity contribution in [2.45, 2.75) is 6.92 Å². The number of carbonyl (C=O) groups excluding carboxylic acids is 2. The number of hydrogen-bond acceptors (Lipinski definition) is 5. The van der Waals surface area contributed by atoms with Crippen LogP contribution in [0.3, 0.4) is 0 Å². The highest BCUT2D eigenvalue weighted by atomic mass is 35.5. The fourth-order valence-corrected chi connectivity index (χ4v) is 1.90. The average Bonchev–Trinajstić information content (AvgIpc) is 3.04. The van der Waals surface area contributed by atoms with Crippen molar-refractivity contribution in [2.75, 3.05) is 25.0 Å². The highest BCUT2D eigenvalue weighted by molar-refractivity contribution is 6.30. The summed E-state index contributed by atoms with van der Waals surface area (Å²) in [4.78, 5) is 25.3. The van der Waals surface area contributed by atoms with E-state index in [1.165, 1.54) is 17.2 Å². The van der Waals surface area contributed by atoms with Gasteiger partial charge in [-0.2, -0.15) is 0 Å². The monoisotopic (exact) mass is 337 g/mol. The molecule has 7 nitrogen and oxygen atoms in total. The summed E-state index contributed by atoms with van der Waals surface area (Å²) in [6.45, 7) is 1.91. The third-order valence-corrected chi connectivity index (χ3v) is 3.20. The van der Waals surface area contributed by atoms with Gasteiger partial charge in [-0.25, -0.2) is 0 Å². The summed E-state index contributed by atoms with van der Waals surface area (Å²) in [5, 5.41) is 6.69. The van der Waals surface area contributed by atoms with Crippen LogP contribution in [0.25, 0.3) is 0 Å². The first-order valence-electron chi connectivity index (χ1n) is 6.95. The zero-order valence-electron chi connectivity index (χ0n) is 12.5. The van der Waals surface area contributed by atoms with Crippen LogP contribution in [-0.2, 0) is 9.59 Å². The number of amides is 2. The summed E-state index contributed by atoms with van der Waals surface area (Å²) in [5.74, 6) is 0.181. The summed E-state index contributed by atoms with van der Waals surface area (Å²) >= 11 is 5.78. The maximum atomic E-state index is 12.1. The SMILES string of the molecule is CCN(CC(=O)Nc1ccon1)C(=O)COc1ccc(Cl)cc1. The highest BCUT2D eigenvalue weighted by Crippen LogP contribution is 2.15. The average molecular weight is 338 g/mol. The largest absolute Gasteiger partial charge is 0.484 e. The summed E-state index contributed by atoms with van der Waals surface area (Å²) in [6.07, 6.45) is 1.35. The van der Waals surface area contributed by atoms with Crippen LogP contribution in [0.5, 0.6) is 5.75 Å². The molecule has 0 aliphatic rings. The third kappa shape index (κ3) is 5.30. The second kappa shape index (κ2) is 8.19. The zero-order valence-corrected chi connectivity index (χ0v) is 13.2. The van der Waals surface area contributed by atoms with Gasteiger partial charge in [0.15, 0.2) is 12.4 Å². The summed E-state index contributed by atoms with van der Waals surface area (Å²) in [7, 11) is 0. The van der Waals surface area contributed by atoms with Crippen LogP contribution in [-0.4, -0.2) is 41.6 Å². The molecule has 8 heteroatoms. The maximum Gasteiger partial charge on any atom is 0.260 e. The van der Waals surface area contributed by atoms with Crippen LogP contribution in [0.1, 0.15) is 6.92 Å². The van der Waals surface area contributed by atoms with Crippen molar-refractivity contribution < 1.29 is 18.8 Å². The molecule has 23 heavy (non-hydrogen) atoms. The number of ether oxygens (including phenoxy) is 1. The van der Waals surface area contributed by atoms with Crippen LogP contribution in [0.2, 0.25) is 5.02 Å². The number of nitrogens with one attached hydrogen (secondary N) is 1. The second-order valence-electron chi connectivity index (χ2n) is 4.58. The van der Waals surface area contributed by atoms with E-state index >= 15 is 0 Å². The number of rotatable bonds is 7. The molecule has 0 radical (unpaired) electrons. The Kier molecular flexibility index (Phi) is 5.99. The highest BCUT2D eigenvalue weighted by Gasteiger charge is 2.16. The summed E-state index contributed by atoms with van der Waals surface area (Å²) < 4.78 is 10.00. The van der Waals surface area contributed by atoms with E-state index in [1.54, 1.807) is 31.2 Å². The van der Waals surface area contributed by atoms with Crippen molar-refractivity contribution in [3.63, 3.8) is 0 Å². The van der Waals surface area contributed by atoms with Gasteiger partial charge >= 0.3 is 0 Å². The van der Waals surface area contributed by atoms with E-state index in [0.717, 1.165) is 0 Å². The minimum atomic E-state index is -0.361. The Morgan fingerprint density at radius 1 is 1.30 bits per heavy atom. The van der Waals surface area contributed by atoms with Crippen molar-refractivity contribution in [1.29, 1.82) is 0 Å². The lowest BCUT2D eigenvalue weighted by molar-refractivity contribution is -0.136. The minimum absolute atomic E-state index is 0.0911. The first kappa shape index (κ1) is 16.8. The standard InChI is InChI=1S/C15H16ClN3O4/c1-2-19(9-14(20)17-13-7-8-23-18-13)15(21)10-22-12-5-3-11(16)4-6-12/h3-8H,2,9-10H2,1H3,(H,17,18,20). The molecule has 0 unspecified atom stereocenters. The molecule has 1 aromatic heterocycles. The molecule has 0 bridgehead atoms. The molecule has 2 rings (SSSR count). The van der Waals surface area contributed by atoms with Crippen LogP contribution in [0.4, 0.5) is 5.82 Å². The van der Waals surface area contributed by atoms with Crippen molar-refractivity contribution in [3.8, 4) is 5.75 Å². The van der Waals surface area contributed by atoms with E-state index in [4.69, 9.17) is 16.3 Å². The van der Waals surface area contributed by atoms with E-state index in [2.05, 4.69) is 15.0 Å². The number of benzene rings is 1. The smallest absolute Gasteiger partial charge is 0.260 e. The molecule has 0 saturated heterocycles. The molecule has 0 spiro atoms. The van der Waals surface area contributed by atoms with Gasteiger partial charge in [-0.3, -0.25) is 9.59 Å². The maximum absolute atomic E-state index is 12.1. The van der Waals surface area contributed by atoms with E-state index in [1.807, 2.05) is 0 Å². The molecular weight excluding hydrogens is 322 g/mol. The van der Waals surface area contributed by atoms with Crippen molar-refractivity contribution in [1.82, 2.24) is 10.1 Å². The zero-order chi connectivity index (χ0) is 16.7. The van der Waals surface area contributed by atoms with Crippen LogP contribution >= 0.6 is 11.6 Å². The van der Waals surface area contributed by atoms with Crippen molar-refractivity contribution in [3.05, 3.63) is 41.6 Å². The van der Waals surface area contributed by atoms with Gasteiger partial charge in [-0.1, -0.05) is 16.8 Å². The van der Waals surface area contributed by atoms with Crippen LogP contribution in [0, 0.1) is 0 Å². The number of anilines is 1. The number of carbonyl (C=O) groups is 2. The molecule has 1 aromatic carbocycles. The number of nitrogens with zero attached hydrogens (tertiary/aromatic N) is 2. The molecule has 1 heterocycles. The Morgan fingerprint density at radius 2 is 2.04 bits per heavy atom. The van der Waals surface area contributed by atoms with Crippen molar-refractivity contribution >= 4 is 29.2 Å². The summed E-state index contributed by atoms with van der Waals surface area (Å²) in [6, 6.07) is 8.20. The Morgan fingerprint density at radius 3 is 2.65 bits per heavy atom. The van der Waals surface area contributed by atoms with Gasteiger partial charge < -0.3 is 19.5 Å². The molecule has 0 aliphatic heterocycles. The molecule has 0 saturated carbocycles. The second-order valence-corrected chi connectivity index (χ2v) is 5.02. The lowest BCUT2D eigenvalue weighted by atomic mass is 10.3. The van der Waals surface area contributed by atoms with E-state index in [-0.39, 0.29) is 25.0 Å². The van der Waals surface area contributed by atoms with Gasteiger partial charge in [-0.05, 0) is 31.2 Å². The van der Waals surface area contributed by atoms with Crippen molar-refractivity contribution in [2.24, 2.45) is 0 Å². The first-order chi connectivity index (χ1) is 11.1. The van der Waals surface area contributed by atoms with Gasteiger partial charge in [0, 0.05) is 17.6 Å². The Hall–Kier alpha value is -2.54. The Balaban J connectivity index is 1.83. The number of likely N-dealkylation sites (N-methyl/N-ethyl adjacent to an activating group) is 1. The minimum Gasteiger partial charge on any atom is -0.484 e. The number of halogens is 1. The van der Waals surface area contributed by atoms with Gasteiger partial charge in [0.25, 0.3) is 5.91 Å². The molecular formula is C15H16ClN3O4. The van der Waals surface area contributed by atoms with E-state index < -0.39 is 0 Å². The molecule has 0 atom stereocenters. The molecule has 0 fully saturated rings. The molecule has 0 aliphatic carbocycles. The predicted octanol–water partition coefficient (Wildman–Crippen LogP) is 2.19. The van der Waals surface area contributed by atoms with Crippen LogP contribution < -0.4 is 10.1 Å². The third-order valence-electron chi connectivity index (χ3n) is 2.95. The predicted molar refractivity (Wildman–Crippen MR) is 84.3 cm³/mol. The topological polar surface area (TPSA) is 84.7 Å². The Bertz CT molecular complexity index is 643. The molecule has 1 N–H and O–H groups in total. The lowest BCUT2D eigenvalue weighted by Gasteiger charge is -2.20. The first-order valence-corrected chi connectivity index (χ1v) is 7.32. The number of hydrogen-bond donors (Lipinski definition) is 1. The molecule has 122 valence electrons. The quantitative estimate of drug-likeness (QED) is 0.837. The fraction of sp³-hybridized carbons (Fsp3) is 0.267. The van der Waals surface area contributed by atoms with E-state index in [9.17, 15) is 9.59 Å². The Labute approximate surface area is 138 Å².